The van der Waals surface area contributed by atoms with Gasteiger partial charge in [0, 0.05) is 18.0 Å². The van der Waals surface area contributed by atoms with E-state index in [9.17, 15) is 0 Å². The lowest BCUT2D eigenvalue weighted by Crippen LogP contribution is -2.01. The van der Waals surface area contributed by atoms with Crippen LogP contribution in [0.15, 0.2) is 53.9 Å². The highest BCUT2D eigenvalue weighted by atomic mass is 32.2. The molecule has 3 rings (SSSR count). The van der Waals surface area contributed by atoms with Crippen molar-refractivity contribution in [1.82, 2.24) is 19.7 Å². The van der Waals surface area contributed by atoms with Crippen molar-refractivity contribution in [1.29, 1.82) is 0 Å². The summed E-state index contributed by atoms with van der Waals surface area (Å²) in [5, 5.41) is 9.48. The molecule has 0 saturated heterocycles. The van der Waals surface area contributed by atoms with Crippen LogP contribution in [-0.4, -0.2) is 26.0 Å². The van der Waals surface area contributed by atoms with Gasteiger partial charge >= 0.3 is 0 Å². The maximum atomic E-state index is 4.33. The molecule has 0 atom stereocenters. The second kappa shape index (κ2) is 5.46. The highest BCUT2D eigenvalue weighted by Crippen LogP contribution is 2.27. The molecular formula is C15H14N4S. The van der Waals surface area contributed by atoms with Gasteiger partial charge in [-0.2, -0.15) is 0 Å². The predicted molar refractivity (Wildman–Crippen MR) is 81.1 cm³/mol. The van der Waals surface area contributed by atoms with E-state index in [-0.39, 0.29) is 0 Å². The van der Waals surface area contributed by atoms with Crippen LogP contribution in [0, 0.1) is 6.92 Å². The number of hydrogen-bond donors (Lipinski definition) is 0. The Labute approximate surface area is 121 Å². The van der Waals surface area contributed by atoms with E-state index >= 15 is 0 Å². The monoisotopic (exact) mass is 282 g/mol. The fourth-order valence-electron chi connectivity index (χ4n) is 2.12. The van der Waals surface area contributed by atoms with Gasteiger partial charge in [-0.3, -0.25) is 9.55 Å². The minimum atomic E-state index is 0.816. The second-order valence-corrected chi connectivity index (χ2v) is 5.15. The molecule has 0 unspecified atom stereocenters. The third-order valence-corrected chi connectivity index (χ3v) is 3.72. The zero-order chi connectivity index (χ0) is 13.9. The molecule has 3 aromatic rings. The van der Waals surface area contributed by atoms with Gasteiger partial charge in [0.25, 0.3) is 0 Å². The summed E-state index contributed by atoms with van der Waals surface area (Å²) in [6.45, 7) is 2.09. The van der Waals surface area contributed by atoms with Gasteiger partial charge in [-0.1, -0.05) is 30.0 Å². The van der Waals surface area contributed by atoms with Gasteiger partial charge in [0.2, 0.25) is 0 Å². The topological polar surface area (TPSA) is 43.6 Å². The van der Waals surface area contributed by atoms with Gasteiger partial charge in [-0.25, -0.2) is 0 Å². The maximum Gasteiger partial charge on any atom is 0.195 e. The first-order chi connectivity index (χ1) is 9.81. The molecule has 0 radical (unpaired) electrons. The van der Waals surface area contributed by atoms with Crippen molar-refractivity contribution >= 4 is 11.8 Å². The van der Waals surface area contributed by atoms with Gasteiger partial charge in [0.15, 0.2) is 11.0 Å². The molecule has 5 heteroatoms. The van der Waals surface area contributed by atoms with Crippen molar-refractivity contribution in [3.05, 3.63) is 54.4 Å². The van der Waals surface area contributed by atoms with E-state index in [4.69, 9.17) is 0 Å². The summed E-state index contributed by atoms with van der Waals surface area (Å²) in [5.74, 6) is 0.816. The van der Waals surface area contributed by atoms with Crippen molar-refractivity contribution in [2.24, 2.45) is 0 Å². The van der Waals surface area contributed by atoms with E-state index < -0.39 is 0 Å². The van der Waals surface area contributed by atoms with Crippen molar-refractivity contribution in [2.45, 2.75) is 12.1 Å². The van der Waals surface area contributed by atoms with Crippen LogP contribution >= 0.6 is 11.8 Å². The minimum Gasteiger partial charge on any atom is -0.270 e. The lowest BCUT2D eigenvalue weighted by Gasteiger charge is -2.11. The van der Waals surface area contributed by atoms with Crippen LogP contribution in [0.5, 0.6) is 0 Å². The first-order valence-corrected chi connectivity index (χ1v) is 7.49. The van der Waals surface area contributed by atoms with Crippen LogP contribution in [0.25, 0.3) is 17.1 Å². The summed E-state index contributed by atoms with van der Waals surface area (Å²) in [4.78, 5) is 4.17. The Morgan fingerprint density at radius 3 is 2.60 bits per heavy atom. The van der Waals surface area contributed by atoms with Crippen LogP contribution in [0.2, 0.25) is 0 Å². The average molecular weight is 282 g/mol. The number of thioether (sulfide) groups is 1. The van der Waals surface area contributed by atoms with Gasteiger partial charge < -0.3 is 0 Å². The third kappa shape index (κ3) is 2.20. The zero-order valence-electron chi connectivity index (χ0n) is 11.3. The number of hydrogen-bond acceptors (Lipinski definition) is 4. The molecule has 20 heavy (non-hydrogen) atoms. The molecule has 1 aromatic carbocycles. The average Bonchev–Trinajstić information content (AvgIpc) is 2.92. The number of aryl methyl sites for hydroxylation is 1. The number of para-hydroxylation sites is 1. The Balaban J connectivity index is 2.24. The molecule has 2 aromatic heterocycles. The molecule has 0 bridgehead atoms. The third-order valence-electron chi connectivity index (χ3n) is 3.09. The number of aromatic nitrogens is 4. The van der Waals surface area contributed by atoms with Crippen molar-refractivity contribution in [3.8, 4) is 17.1 Å². The van der Waals surface area contributed by atoms with Gasteiger partial charge in [-0.15, -0.1) is 10.2 Å². The molecule has 0 fully saturated rings. The first kappa shape index (κ1) is 12.9. The Bertz CT molecular complexity index is 722. The summed E-state index contributed by atoms with van der Waals surface area (Å²) in [7, 11) is 0. The largest absolute Gasteiger partial charge is 0.270 e. The first-order valence-electron chi connectivity index (χ1n) is 6.27. The number of nitrogens with zero attached hydrogens (tertiary/aromatic N) is 4. The molecule has 0 amide bonds. The lowest BCUT2D eigenvalue weighted by atomic mass is 10.2. The van der Waals surface area contributed by atoms with E-state index in [1.54, 1.807) is 18.0 Å². The van der Waals surface area contributed by atoms with Crippen LogP contribution in [0.3, 0.4) is 0 Å². The summed E-state index contributed by atoms with van der Waals surface area (Å²) >= 11 is 1.58. The summed E-state index contributed by atoms with van der Waals surface area (Å²) < 4.78 is 2.08. The molecule has 0 saturated carbocycles. The van der Waals surface area contributed by atoms with Crippen LogP contribution in [0.4, 0.5) is 0 Å². The Kier molecular flexibility index (Phi) is 3.52. The lowest BCUT2D eigenvalue weighted by molar-refractivity contribution is 0.883. The molecule has 0 N–H and O–H groups in total. The van der Waals surface area contributed by atoms with E-state index in [0.29, 0.717) is 0 Å². The fourth-order valence-corrected chi connectivity index (χ4v) is 2.61. The number of pyridine rings is 1. The smallest absolute Gasteiger partial charge is 0.195 e. The van der Waals surface area contributed by atoms with E-state index in [1.807, 2.05) is 36.7 Å². The van der Waals surface area contributed by atoms with Crippen LogP contribution < -0.4 is 0 Å². The van der Waals surface area contributed by atoms with Gasteiger partial charge in [0.1, 0.15) is 0 Å². The van der Waals surface area contributed by atoms with Gasteiger partial charge in [-0.05, 0) is 36.9 Å². The SMILES string of the molecule is CSc1nnc(-c2cccnc2)n1-c1ccccc1C. The molecule has 0 spiro atoms. The highest BCUT2D eigenvalue weighted by molar-refractivity contribution is 7.98. The summed E-state index contributed by atoms with van der Waals surface area (Å²) in [5.41, 5.74) is 3.25. The van der Waals surface area contributed by atoms with Crippen LogP contribution in [-0.2, 0) is 0 Å². The van der Waals surface area contributed by atoms with Crippen molar-refractivity contribution in [2.75, 3.05) is 6.26 Å². The maximum absolute atomic E-state index is 4.33. The number of rotatable bonds is 3. The molecule has 0 aliphatic rings. The quantitative estimate of drug-likeness (QED) is 0.691. The van der Waals surface area contributed by atoms with E-state index in [1.165, 1.54) is 5.56 Å². The molecule has 4 nitrogen and oxygen atoms in total. The molecule has 100 valence electrons. The molecular weight excluding hydrogens is 268 g/mol. The molecule has 0 aliphatic heterocycles. The Morgan fingerprint density at radius 1 is 1.05 bits per heavy atom. The number of benzene rings is 1. The van der Waals surface area contributed by atoms with Gasteiger partial charge in [0.05, 0.1) is 5.69 Å². The standard InChI is InChI=1S/C15H14N4S/c1-11-6-3-4-8-13(11)19-14(17-18-15(19)20-2)12-7-5-9-16-10-12/h3-10H,1-2H3. The molecule has 0 aliphatic carbocycles. The molecule has 2 heterocycles. The Hall–Kier alpha value is -2.14. The summed E-state index contributed by atoms with van der Waals surface area (Å²) in [6.07, 6.45) is 5.57. The summed E-state index contributed by atoms with van der Waals surface area (Å²) in [6, 6.07) is 12.1. The highest BCUT2D eigenvalue weighted by Gasteiger charge is 2.16. The second-order valence-electron chi connectivity index (χ2n) is 4.37. The van der Waals surface area contributed by atoms with Crippen molar-refractivity contribution < 1.29 is 0 Å². The minimum absolute atomic E-state index is 0.816. The van der Waals surface area contributed by atoms with E-state index in [0.717, 1.165) is 22.2 Å². The van der Waals surface area contributed by atoms with E-state index in [2.05, 4.69) is 38.8 Å². The predicted octanol–water partition coefficient (Wildman–Crippen LogP) is 3.36. The Morgan fingerprint density at radius 2 is 1.90 bits per heavy atom. The van der Waals surface area contributed by atoms with Crippen LogP contribution in [0.1, 0.15) is 5.56 Å². The van der Waals surface area contributed by atoms with Crippen molar-refractivity contribution in [3.63, 3.8) is 0 Å². The fraction of sp³-hybridized carbons (Fsp3) is 0.133. The normalized spacial score (nSPS) is 10.7. The zero-order valence-corrected chi connectivity index (χ0v) is 12.1.